The minimum atomic E-state index is -0.295. The molecule has 1 heterocycles. The summed E-state index contributed by atoms with van der Waals surface area (Å²) in [6.07, 6.45) is 0. The molecule has 0 saturated carbocycles. The van der Waals surface area contributed by atoms with Crippen LogP contribution in [0.3, 0.4) is 0 Å². The Hall–Kier alpha value is -3.06. The van der Waals surface area contributed by atoms with Crippen LogP contribution in [0.15, 0.2) is 47.8 Å². The third-order valence-electron chi connectivity index (χ3n) is 3.68. The van der Waals surface area contributed by atoms with E-state index in [1.165, 1.54) is 11.3 Å². The van der Waals surface area contributed by atoms with Gasteiger partial charge in [0.2, 0.25) is 0 Å². The molecule has 3 aromatic rings. The Morgan fingerprint density at radius 2 is 1.54 bits per heavy atom. The molecule has 0 aliphatic rings. The van der Waals surface area contributed by atoms with Crippen molar-refractivity contribution in [2.45, 2.75) is 0 Å². The number of carbonyl (C=O) groups excluding carboxylic acids is 1. The lowest BCUT2D eigenvalue weighted by Gasteiger charge is -2.09. The van der Waals surface area contributed by atoms with Gasteiger partial charge in [-0.1, -0.05) is 0 Å². The molecule has 0 aliphatic carbocycles. The maximum absolute atomic E-state index is 12.5. The van der Waals surface area contributed by atoms with E-state index in [2.05, 4.69) is 10.3 Å². The molecule has 0 saturated heterocycles. The maximum Gasteiger partial charge on any atom is 0.275 e. The van der Waals surface area contributed by atoms with E-state index in [1.54, 1.807) is 44.9 Å². The molecule has 0 radical (unpaired) electrons. The first-order valence-electron chi connectivity index (χ1n) is 7.77. The van der Waals surface area contributed by atoms with Gasteiger partial charge in [-0.25, -0.2) is 4.98 Å². The Morgan fingerprint density at radius 3 is 2.12 bits per heavy atom. The van der Waals surface area contributed by atoms with Crippen LogP contribution in [0.4, 0.5) is 5.69 Å². The first kappa shape index (κ1) is 17.8. The predicted molar refractivity (Wildman–Crippen MR) is 102 cm³/mol. The van der Waals surface area contributed by atoms with Crippen LogP contribution < -0.4 is 19.5 Å². The lowest BCUT2D eigenvalue weighted by molar-refractivity contribution is 0.102. The number of methoxy groups -OCH3 is 3. The molecule has 3 rings (SSSR count). The van der Waals surface area contributed by atoms with Crippen LogP contribution in [-0.2, 0) is 0 Å². The molecule has 0 bridgehead atoms. The molecule has 0 atom stereocenters. The molecule has 1 N–H and O–H groups in total. The normalized spacial score (nSPS) is 10.3. The standard InChI is InChI=1S/C19H18N2O4S/c1-23-14-6-4-12(5-7-14)19-21-17(11-26-19)18(22)20-13-8-15(24-2)10-16(9-13)25-3/h4-11H,1-3H3,(H,20,22). The topological polar surface area (TPSA) is 69.7 Å². The molecule has 0 fully saturated rings. The number of nitrogens with zero attached hydrogens (tertiary/aromatic N) is 1. The van der Waals surface area contributed by atoms with Gasteiger partial charge in [-0.05, 0) is 24.3 Å². The molecule has 0 spiro atoms. The zero-order valence-electron chi connectivity index (χ0n) is 14.6. The van der Waals surface area contributed by atoms with Gasteiger partial charge in [0.15, 0.2) is 0 Å². The number of hydrogen-bond donors (Lipinski definition) is 1. The zero-order valence-corrected chi connectivity index (χ0v) is 15.4. The second kappa shape index (κ2) is 7.88. The van der Waals surface area contributed by atoms with Gasteiger partial charge < -0.3 is 19.5 Å². The average molecular weight is 370 g/mol. The molecule has 0 unspecified atom stereocenters. The number of nitrogens with one attached hydrogen (secondary N) is 1. The first-order valence-corrected chi connectivity index (χ1v) is 8.65. The maximum atomic E-state index is 12.5. The average Bonchev–Trinajstić information content (AvgIpc) is 3.18. The van der Waals surface area contributed by atoms with Gasteiger partial charge in [-0.15, -0.1) is 11.3 Å². The van der Waals surface area contributed by atoms with Crippen molar-refractivity contribution in [1.82, 2.24) is 4.98 Å². The first-order chi connectivity index (χ1) is 12.6. The van der Waals surface area contributed by atoms with Crippen LogP contribution in [0.5, 0.6) is 17.2 Å². The number of ether oxygens (including phenoxy) is 3. The molecule has 1 aromatic heterocycles. The van der Waals surface area contributed by atoms with Gasteiger partial charge in [0, 0.05) is 34.8 Å². The monoisotopic (exact) mass is 370 g/mol. The van der Waals surface area contributed by atoms with Crippen LogP contribution in [0.1, 0.15) is 10.5 Å². The largest absolute Gasteiger partial charge is 0.497 e. The van der Waals surface area contributed by atoms with Crippen molar-refractivity contribution in [3.8, 4) is 27.8 Å². The summed E-state index contributed by atoms with van der Waals surface area (Å²) in [6.45, 7) is 0. The number of carbonyl (C=O) groups is 1. The number of anilines is 1. The van der Waals surface area contributed by atoms with Gasteiger partial charge >= 0.3 is 0 Å². The van der Waals surface area contributed by atoms with E-state index in [4.69, 9.17) is 14.2 Å². The van der Waals surface area contributed by atoms with Crippen LogP contribution in [0.25, 0.3) is 10.6 Å². The summed E-state index contributed by atoms with van der Waals surface area (Å²) in [4.78, 5) is 16.9. The Labute approximate surface area is 155 Å². The van der Waals surface area contributed by atoms with Gasteiger partial charge in [0.1, 0.15) is 28.0 Å². The Bertz CT molecular complexity index is 884. The quantitative estimate of drug-likeness (QED) is 0.708. The predicted octanol–water partition coefficient (Wildman–Crippen LogP) is 4.09. The highest BCUT2D eigenvalue weighted by Gasteiger charge is 2.13. The molecular weight excluding hydrogens is 352 g/mol. The molecule has 2 aromatic carbocycles. The van der Waals surface area contributed by atoms with Crippen LogP contribution in [-0.4, -0.2) is 32.2 Å². The number of hydrogen-bond acceptors (Lipinski definition) is 6. The second-order valence-electron chi connectivity index (χ2n) is 5.32. The minimum Gasteiger partial charge on any atom is -0.497 e. The van der Waals surface area contributed by atoms with Crippen molar-refractivity contribution in [2.75, 3.05) is 26.6 Å². The van der Waals surface area contributed by atoms with E-state index in [9.17, 15) is 4.79 Å². The number of aromatic nitrogens is 1. The number of benzene rings is 2. The minimum absolute atomic E-state index is 0.295. The van der Waals surface area contributed by atoms with Crippen LogP contribution >= 0.6 is 11.3 Å². The van der Waals surface area contributed by atoms with E-state index >= 15 is 0 Å². The molecule has 26 heavy (non-hydrogen) atoms. The van der Waals surface area contributed by atoms with Crippen molar-refractivity contribution >= 4 is 22.9 Å². The number of thiazole rings is 1. The molecule has 134 valence electrons. The van der Waals surface area contributed by atoms with Crippen molar-refractivity contribution in [3.05, 3.63) is 53.5 Å². The summed E-state index contributed by atoms with van der Waals surface area (Å²) in [5.41, 5.74) is 1.85. The third-order valence-corrected chi connectivity index (χ3v) is 4.57. The summed E-state index contributed by atoms with van der Waals surface area (Å²) in [7, 11) is 4.73. The Morgan fingerprint density at radius 1 is 0.923 bits per heavy atom. The van der Waals surface area contributed by atoms with Crippen molar-refractivity contribution < 1.29 is 19.0 Å². The fourth-order valence-electron chi connectivity index (χ4n) is 2.32. The van der Waals surface area contributed by atoms with Crippen molar-refractivity contribution in [1.29, 1.82) is 0 Å². The number of rotatable bonds is 6. The highest BCUT2D eigenvalue weighted by Crippen LogP contribution is 2.28. The van der Waals surface area contributed by atoms with Crippen molar-refractivity contribution in [3.63, 3.8) is 0 Å². The SMILES string of the molecule is COc1ccc(-c2nc(C(=O)Nc3cc(OC)cc(OC)c3)cs2)cc1. The summed E-state index contributed by atoms with van der Waals surface area (Å²) in [5.74, 6) is 1.67. The third kappa shape index (κ3) is 3.94. The summed E-state index contributed by atoms with van der Waals surface area (Å²) < 4.78 is 15.6. The van der Waals surface area contributed by atoms with E-state index in [0.29, 0.717) is 22.9 Å². The Kier molecular flexibility index (Phi) is 5.38. The van der Waals surface area contributed by atoms with Gasteiger partial charge in [-0.2, -0.15) is 0 Å². The molecular formula is C19H18N2O4S. The fourth-order valence-corrected chi connectivity index (χ4v) is 3.13. The van der Waals surface area contributed by atoms with Crippen LogP contribution in [0.2, 0.25) is 0 Å². The smallest absolute Gasteiger partial charge is 0.275 e. The second-order valence-corrected chi connectivity index (χ2v) is 6.18. The van der Waals surface area contributed by atoms with E-state index in [1.807, 2.05) is 24.3 Å². The molecule has 7 heteroatoms. The zero-order chi connectivity index (χ0) is 18.5. The summed E-state index contributed by atoms with van der Waals surface area (Å²) in [5, 5.41) is 5.31. The fraction of sp³-hybridized carbons (Fsp3) is 0.158. The molecule has 0 aliphatic heterocycles. The van der Waals surface area contributed by atoms with E-state index in [-0.39, 0.29) is 5.91 Å². The lowest BCUT2D eigenvalue weighted by Crippen LogP contribution is -2.12. The van der Waals surface area contributed by atoms with Gasteiger partial charge in [0.05, 0.1) is 21.3 Å². The van der Waals surface area contributed by atoms with Crippen molar-refractivity contribution in [2.24, 2.45) is 0 Å². The summed E-state index contributed by atoms with van der Waals surface area (Å²) in [6, 6.07) is 12.7. The van der Waals surface area contributed by atoms with Gasteiger partial charge in [0.25, 0.3) is 5.91 Å². The van der Waals surface area contributed by atoms with Crippen LogP contribution in [0, 0.1) is 0 Å². The highest BCUT2D eigenvalue weighted by atomic mass is 32.1. The molecule has 1 amide bonds. The van der Waals surface area contributed by atoms with E-state index < -0.39 is 0 Å². The summed E-state index contributed by atoms with van der Waals surface area (Å²) >= 11 is 1.41. The highest BCUT2D eigenvalue weighted by molar-refractivity contribution is 7.13. The van der Waals surface area contributed by atoms with Gasteiger partial charge in [-0.3, -0.25) is 4.79 Å². The lowest BCUT2D eigenvalue weighted by atomic mass is 10.2. The molecule has 6 nitrogen and oxygen atoms in total. The van der Waals surface area contributed by atoms with E-state index in [0.717, 1.165) is 16.3 Å². The Balaban J connectivity index is 1.77. The number of amides is 1.